The van der Waals surface area contributed by atoms with Crippen LogP contribution in [0.3, 0.4) is 0 Å². The number of benzene rings is 2. The van der Waals surface area contributed by atoms with Crippen LogP contribution >= 0.6 is 0 Å². The first-order valence-electron chi connectivity index (χ1n) is 7.78. The first-order valence-corrected chi connectivity index (χ1v) is 9.74. The van der Waals surface area contributed by atoms with Crippen LogP contribution in [0.4, 0.5) is 0 Å². The smallest absolute Gasteiger partial charge is 0.328 e. The average molecular weight is 362 g/mol. The minimum absolute atomic E-state index is 0.156. The lowest BCUT2D eigenvalue weighted by atomic mass is 10.0. The molecule has 0 aromatic heterocycles. The molecule has 0 N–H and O–H groups in total. The molecule has 0 fully saturated rings. The monoisotopic (exact) mass is 362 g/mol. The Morgan fingerprint density at radius 1 is 1.12 bits per heavy atom. The number of ether oxygens (including phenoxy) is 2. The van der Waals surface area contributed by atoms with E-state index in [0.29, 0.717) is 11.1 Å². The van der Waals surface area contributed by atoms with Gasteiger partial charge >= 0.3 is 5.97 Å². The van der Waals surface area contributed by atoms with E-state index in [-0.39, 0.29) is 6.61 Å². The van der Waals surface area contributed by atoms with Crippen molar-refractivity contribution in [2.75, 3.05) is 13.4 Å². The summed E-state index contributed by atoms with van der Waals surface area (Å²) >= 11 is 0. The van der Waals surface area contributed by atoms with E-state index in [1.54, 1.807) is 24.3 Å². The lowest BCUT2D eigenvalue weighted by Gasteiger charge is -2.18. The normalized spacial score (nSPS) is 12.5. The van der Waals surface area contributed by atoms with Crippen LogP contribution in [0.2, 0.25) is 0 Å². The minimum Gasteiger partial charge on any atom is -0.489 e. The number of methoxy groups -OCH3 is 1. The molecular weight excluding hydrogens is 340 g/mol. The maximum absolute atomic E-state index is 12.1. The van der Waals surface area contributed by atoms with E-state index in [0.717, 1.165) is 23.1 Å². The molecule has 25 heavy (non-hydrogen) atoms. The highest BCUT2D eigenvalue weighted by Crippen LogP contribution is 2.28. The Balaban J connectivity index is 2.37. The Labute approximate surface area is 148 Å². The SMILES string of the molecule is COC(=O)C(c1ccccc1COc1cc(C)ccc1C)S(C)(=O)=O. The van der Waals surface area contributed by atoms with E-state index in [1.807, 2.05) is 32.0 Å². The number of hydrogen-bond donors (Lipinski definition) is 0. The van der Waals surface area contributed by atoms with Gasteiger partial charge in [-0.2, -0.15) is 0 Å². The fraction of sp³-hybridized carbons (Fsp3) is 0.316. The number of aryl methyl sites for hydroxylation is 2. The third-order valence-corrected chi connectivity index (χ3v) is 5.21. The molecule has 0 radical (unpaired) electrons. The van der Waals surface area contributed by atoms with E-state index in [2.05, 4.69) is 4.74 Å². The van der Waals surface area contributed by atoms with Gasteiger partial charge in [0.2, 0.25) is 0 Å². The molecule has 0 heterocycles. The number of esters is 1. The van der Waals surface area contributed by atoms with Gasteiger partial charge in [-0.05, 0) is 42.2 Å². The highest BCUT2D eigenvalue weighted by Gasteiger charge is 2.33. The molecule has 134 valence electrons. The van der Waals surface area contributed by atoms with E-state index in [9.17, 15) is 13.2 Å². The van der Waals surface area contributed by atoms with E-state index in [1.165, 1.54) is 7.11 Å². The maximum atomic E-state index is 12.1. The van der Waals surface area contributed by atoms with Crippen molar-refractivity contribution in [1.82, 2.24) is 0 Å². The van der Waals surface area contributed by atoms with Crippen LogP contribution in [0.15, 0.2) is 42.5 Å². The van der Waals surface area contributed by atoms with Gasteiger partial charge in [0.05, 0.1) is 7.11 Å². The zero-order valence-corrected chi connectivity index (χ0v) is 15.6. The summed E-state index contributed by atoms with van der Waals surface area (Å²) in [7, 11) is -2.50. The molecule has 0 saturated carbocycles. The van der Waals surface area contributed by atoms with Crippen LogP contribution in [0.1, 0.15) is 27.5 Å². The van der Waals surface area contributed by atoms with Crippen molar-refractivity contribution in [3.8, 4) is 5.75 Å². The summed E-state index contributed by atoms with van der Waals surface area (Å²) in [4.78, 5) is 12.0. The third kappa shape index (κ3) is 4.60. The van der Waals surface area contributed by atoms with Gasteiger partial charge in [0.15, 0.2) is 15.1 Å². The lowest BCUT2D eigenvalue weighted by molar-refractivity contribution is -0.140. The molecular formula is C19H22O5S. The second-order valence-corrected chi connectivity index (χ2v) is 8.12. The van der Waals surface area contributed by atoms with Gasteiger partial charge in [0.1, 0.15) is 12.4 Å². The number of sulfone groups is 1. The van der Waals surface area contributed by atoms with Crippen molar-refractivity contribution in [2.24, 2.45) is 0 Å². The van der Waals surface area contributed by atoms with Gasteiger partial charge in [0.25, 0.3) is 0 Å². The zero-order valence-electron chi connectivity index (χ0n) is 14.8. The predicted molar refractivity (Wildman–Crippen MR) is 96.3 cm³/mol. The molecule has 2 aromatic carbocycles. The molecule has 0 saturated heterocycles. The molecule has 0 aliphatic carbocycles. The highest BCUT2D eigenvalue weighted by atomic mass is 32.2. The highest BCUT2D eigenvalue weighted by molar-refractivity contribution is 7.91. The number of carbonyl (C=O) groups excluding carboxylic acids is 1. The molecule has 0 bridgehead atoms. The topological polar surface area (TPSA) is 69.7 Å². The molecule has 6 heteroatoms. The fourth-order valence-electron chi connectivity index (χ4n) is 2.58. The van der Waals surface area contributed by atoms with Gasteiger partial charge in [0, 0.05) is 6.26 Å². The Bertz CT molecular complexity index is 871. The predicted octanol–water partition coefficient (Wildman–Crippen LogP) is 3.14. The first-order chi connectivity index (χ1) is 11.7. The standard InChI is InChI=1S/C19H22O5S/c1-13-9-10-14(2)17(11-13)24-12-15-7-5-6-8-16(15)18(19(20)23-3)25(4,21)22/h5-11,18H,12H2,1-4H3. The molecule has 0 aliphatic heterocycles. The number of hydrogen-bond acceptors (Lipinski definition) is 5. The summed E-state index contributed by atoms with van der Waals surface area (Å²) in [6, 6.07) is 12.7. The Morgan fingerprint density at radius 2 is 1.80 bits per heavy atom. The van der Waals surface area contributed by atoms with Crippen molar-refractivity contribution in [3.63, 3.8) is 0 Å². The summed E-state index contributed by atoms with van der Waals surface area (Å²) in [5.74, 6) is -0.0783. The van der Waals surface area contributed by atoms with Crippen molar-refractivity contribution in [3.05, 3.63) is 64.7 Å². The van der Waals surface area contributed by atoms with E-state index < -0.39 is 21.1 Å². The zero-order chi connectivity index (χ0) is 18.6. The summed E-state index contributed by atoms with van der Waals surface area (Å²) in [6.45, 7) is 4.06. The quantitative estimate of drug-likeness (QED) is 0.739. The number of carbonyl (C=O) groups is 1. The second-order valence-electron chi connectivity index (χ2n) is 5.99. The van der Waals surface area contributed by atoms with Crippen molar-refractivity contribution < 1.29 is 22.7 Å². The van der Waals surface area contributed by atoms with Gasteiger partial charge in [-0.25, -0.2) is 8.42 Å². The van der Waals surface area contributed by atoms with Crippen LogP contribution in [0.25, 0.3) is 0 Å². The molecule has 2 aromatic rings. The fourth-order valence-corrected chi connectivity index (χ4v) is 3.72. The average Bonchev–Trinajstić information content (AvgIpc) is 2.55. The van der Waals surface area contributed by atoms with Crippen molar-refractivity contribution in [1.29, 1.82) is 0 Å². The summed E-state index contributed by atoms with van der Waals surface area (Å²) in [5.41, 5.74) is 3.06. The summed E-state index contributed by atoms with van der Waals surface area (Å²) in [5, 5.41) is -1.36. The van der Waals surface area contributed by atoms with Crippen molar-refractivity contribution in [2.45, 2.75) is 25.7 Å². The second kappa shape index (κ2) is 7.70. The molecule has 5 nitrogen and oxygen atoms in total. The lowest BCUT2D eigenvalue weighted by Crippen LogP contribution is -2.24. The van der Waals surface area contributed by atoms with Crippen molar-refractivity contribution >= 4 is 15.8 Å². The van der Waals surface area contributed by atoms with Crippen LogP contribution in [-0.2, 0) is 26.0 Å². The molecule has 0 amide bonds. The van der Waals surface area contributed by atoms with E-state index >= 15 is 0 Å². The van der Waals surface area contributed by atoms with E-state index in [4.69, 9.17) is 4.74 Å². The first kappa shape index (κ1) is 19.0. The van der Waals surface area contributed by atoms with Gasteiger partial charge in [-0.1, -0.05) is 36.4 Å². The maximum Gasteiger partial charge on any atom is 0.328 e. The molecule has 1 atom stereocenters. The summed E-state index contributed by atoms with van der Waals surface area (Å²) in [6.07, 6.45) is 1.02. The Morgan fingerprint density at radius 3 is 2.44 bits per heavy atom. The van der Waals surface area contributed by atoms with Gasteiger partial charge in [-0.3, -0.25) is 4.79 Å². The Hall–Kier alpha value is -2.34. The Kier molecular flexibility index (Phi) is 5.85. The third-order valence-electron chi connectivity index (χ3n) is 3.91. The molecule has 0 spiro atoms. The summed E-state index contributed by atoms with van der Waals surface area (Å²) < 4.78 is 34.8. The number of rotatable bonds is 6. The van der Waals surface area contributed by atoms with Gasteiger partial charge < -0.3 is 9.47 Å². The van der Waals surface area contributed by atoms with Crippen LogP contribution < -0.4 is 4.74 Å². The van der Waals surface area contributed by atoms with Crippen LogP contribution in [-0.4, -0.2) is 27.8 Å². The molecule has 1 unspecified atom stereocenters. The molecule has 2 rings (SSSR count). The van der Waals surface area contributed by atoms with Crippen LogP contribution in [0, 0.1) is 13.8 Å². The van der Waals surface area contributed by atoms with Gasteiger partial charge in [-0.15, -0.1) is 0 Å². The largest absolute Gasteiger partial charge is 0.489 e. The minimum atomic E-state index is -3.68. The van der Waals surface area contributed by atoms with Crippen LogP contribution in [0.5, 0.6) is 5.75 Å². The molecule has 0 aliphatic rings.